The topological polar surface area (TPSA) is 90.5 Å². The number of benzene rings is 2. The van der Waals surface area contributed by atoms with Gasteiger partial charge in [0.15, 0.2) is 0 Å². The third-order valence-electron chi connectivity index (χ3n) is 5.54. The first-order chi connectivity index (χ1) is 15.4. The van der Waals surface area contributed by atoms with Crippen molar-refractivity contribution in [1.29, 1.82) is 0 Å². The molecule has 3 rings (SSSR count). The Labute approximate surface area is 189 Å². The van der Waals surface area contributed by atoms with Crippen LogP contribution in [0.1, 0.15) is 49.9 Å². The van der Waals surface area contributed by atoms with Crippen LogP contribution in [0.25, 0.3) is 0 Å². The average molecular weight is 437 g/mol. The number of nitrogens with one attached hydrogen (secondary N) is 3. The highest BCUT2D eigenvalue weighted by molar-refractivity contribution is 5.98. The van der Waals surface area contributed by atoms with Gasteiger partial charge in [0.05, 0.1) is 6.54 Å². The second-order valence-corrected chi connectivity index (χ2v) is 8.34. The predicted octanol–water partition coefficient (Wildman–Crippen LogP) is 4.35. The Kier molecular flexibility index (Phi) is 8.25. The average Bonchev–Trinajstić information content (AvgIpc) is 2.78. The van der Waals surface area contributed by atoms with Crippen LogP contribution >= 0.6 is 0 Å². The second kappa shape index (κ2) is 11.3. The molecule has 7 heteroatoms. The number of hydrogen-bond acceptors (Lipinski definition) is 4. The number of piperidine rings is 1. The molecule has 32 heavy (non-hydrogen) atoms. The number of hydrogen-bond donors (Lipinski definition) is 3. The van der Waals surface area contributed by atoms with Crippen molar-refractivity contribution in [2.45, 2.75) is 39.5 Å². The molecule has 0 bridgehead atoms. The van der Waals surface area contributed by atoms with E-state index >= 15 is 0 Å². The number of carbonyl (C=O) groups excluding carboxylic acids is 3. The van der Waals surface area contributed by atoms with Crippen LogP contribution in [-0.2, 0) is 9.59 Å². The summed E-state index contributed by atoms with van der Waals surface area (Å²) in [5, 5.41) is 8.75. The summed E-state index contributed by atoms with van der Waals surface area (Å²) in [6.07, 6.45) is 3.31. The minimum absolute atomic E-state index is 0.00746. The number of carbonyl (C=O) groups is 3. The fourth-order valence-corrected chi connectivity index (χ4v) is 3.67. The molecular weight excluding hydrogens is 404 g/mol. The van der Waals surface area contributed by atoms with Crippen molar-refractivity contribution in [3.05, 3.63) is 54.1 Å². The minimum Gasteiger partial charge on any atom is -0.376 e. The van der Waals surface area contributed by atoms with Gasteiger partial charge in [-0.15, -0.1) is 0 Å². The molecule has 1 heterocycles. The molecule has 3 N–H and O–H groups in total. The molecule has 0 atom stereocenters. The summed E-state index contributed by atoms with van der Waals surface area (Å²) in [5.74, 6) is 0.413. The van der Waals surface area contributed by atoms with Crippen molar-refractivity contribution < 1.29 is 14.4 Å². The van der Waals surface area contributed by atoms with Crippen molar-refractivity contribution in [3.8, 4) is 0 Å². The fraction of sp³-hybridized carbons (Fsp3) is 0.400. The first-order valence-electron chi connectivity index (χ1n) is 11.3. The lowest BCUT2D eigenvalue weighted by Crippen LogP contribution is -2.37. The summed E-state index contributed by atoms with van der Waals surface area (Å²) >= 11 is 0. The van der Waals surface area contributed by atoms with Crippen LogP contribution < -0.4 is 16.0 Å². The third kappa shape index (κ3) is 6.83. The molecule has 1 saturated heterocycles. The van der Waals surface area contributed by atoms with E-state index in [1.165, 1.54) is 0 Å². The standard InChI is InChI=1S/C25H32N4O3/c1-3-6-23(30)27-22-10-5-8-20(16-22)26-17-24(31)28-21-9-4-7-19(15-21)25(32)29-13-11-18(2)12-14-29/h4-5,7-10,15-16,18,26H,3,6,11-14,17H2,1-2H3,(H,27,30)(H,28,31). The number of rotatable bonds is 8. The zero-order valence-electron chi connectivity index (χ0n) is 18.8. The summed E-state index contributed by atoms with van der Waals surface area (Å²) in [4.78, 5) is 38.8. The summed E-state index contributed by atoms with van der Waals surface area (Å²) < 4.78 is 0. The Bertz CT molecular complexity index is 952. The van der Waals surface area contributed by atoms with E-state index in [4.69, 9.17) is 0 Å². The Morgan fingerprint density at radius 3 is 2.25 bits per heavy atom. The molecular formula is C25H32N4O3. The van der Waals surface area contributed by atoms with Crippen molar-refractivity contribution >= 4 is 34.8 Å². The van der Waals surface area contributed by atoms with E-state index in [-0.39, 0.29) is 24.3 Å². The highest BCUT2D eigenvalue weighted by atomic mass is 16.2. The van der Waals surface area contributed by atoms with E-state index in [0.29, 0.717) is 29.3 Å². The molecule has 0 saturated carbocycles. The van der Waals surface area contributed by atoms with Crippen molar-refractivity contribution in [3.63, 3.8) is 0 Å². The van der Waals surface area contributed by atoms with Gasteiger partial charge in [-0.05, 0) is 61.6 Å². The van der Waals surface area contributed by atoms with Crippen molar-refractivity contribution in [1.82, 2.24) is 4.90 Å². The Balaban J connectivity index is 1.53. The second-order valence-electron chi connectivity index (χ2n) is 8.34. The number of anilines is 3. The van der Waals surface area contributed by atoms with Crippen LogP contribution in [0.2, 0.25) is 0 Å². The van der Waals surface area contributed by atoms with Gasteiger partial charge >= 0.3 is 0 Å². The van der Waals surface area contributed by atoms with Gasteiger partial charge in [-0.3, -0.25) is 14.4 Å². The van der Waals surface area contributed by atoms with E-state index in [9.17, 15) is 14.4 Å². The number of amides is 3. The molecule has 0 radical (unpaired) electrons. The molecule has 2 aromatic rings. The van der Waals surface area contributed by atoms with Crippen LogP contribution in [0.3, 0.4) is 0 Å². The smallest absolute Gasteiger partial charge is 0.253 e. The lowest BCUT2D eigenvalue weighted by atomic mass is 9.98. The van der Waals surface area contributed by atoms with E-state index in [2.05, 4.69) is 22.9 Å². The Morgan fingerprint density at radius 1 is 0.906 bits per heavy atom. The zero-order chi connectivity index (χ0) is 22.9. The lowest BCUT2D eigenvalue weighted by molar-refractivity contribution is -0.116. The first-order valence-corrected chi connectivity index (χ1v) is 11.3. The molecule has 0 aliphatic carbocycles. The molecule has 170 valence electrons. The summed E-state index contributed by atoms with van der Waals surface area (Å²) in [6, 6.07) is 14.3. The summed E-state index contributed by atoms with van der Waals surface area (Å²) in [5.41, 5.74) is 2.60. The van der Waals surface area contributed by atoms with Crippen LogP contribution in [0.5, 0.6) is 0 Å². The minimum atomic E-state index is -0.221. The maximum atomic E-state index is 12.8. The number of nitrogens with zero attached hydrogens (tertiary/aromatic N) is 1. The number of likely N-dealkylation sites (tertiary alicyclic amines) is 1. The lowest BCUT2D eigenvalue weighted by Gasteiger charge is -2.30. The molecule has 0 aromatic heterocycles. The van der Waals surface area contributed by atoms with Gasteiger partial charge in [0.25, 0.3) is 5.91 Å². The van der Waals surface area contributed by atoms with Crippen LogP contribution in [-0.4, -0.2) is 42.3 Å². The van der Waals surface area contributed by atoms with E-state index < -0.39 is 0 Å². The van der Waals surface area contributed by atoms with Gasteiger partial charge in [-0.25, -0.2) is 0 Å². The Morgan fingerprint density at radius 2 is 1.53 bits per heavy atom. The first kappa shape index (κ1) is 23.3. The summed E-state index contributed by atoms with van der Waals surface area (Å²) in [6.45, 7) is 5.78. The predicted molar refractivity (Wildman–Crippen MR) is 128 cm³/mol. The third-order valence-corrected chi connectivity index (χ3v) is 5.54. The molecule has 1 aliphatic rings. The highest BCUT2D eigenvalue weighted by Crippen LogP contribution is 2.20. The molecule has 1 fully saturated rings. The quantitative estimate of drug-likeness (QED) is 0.574. The molecule has 1 aliphatic heterocycles. The monoisotopic (exact) mass is 436 g/mol. The van der Waals surface area contributed by atoms with Crippen molar-refractivity contribution in [2.24, 2.45) is 5.92 Å². The van der Waals surface area contributed by atoms with Gasteiger partial charge in [0.2, 0.25) is 11.8 Å². The van der Waals surface area contributed by atoms with Crippen LogP contribution in [0.15, 0.2) is 48.5 Å². The largest absolute Gasteiger partial charge is 0.376 e. The molecule has 0 spiro atoms. The van der Waals surface area contributed by atoms with E-state index in [0.717, 1.165) is 38.0 Å². The maximum absolute atomic E-state index is 12.8. The van der Waals surface area contributed by atoms with Crippen LogP contribution in [0.4, 0.5) is 17.1 Å². The zero-order valence-corrected chi connectivity index (χ0v) is 18.8. The molecule has 0 unspecified atom stereocenters. The van der Waals surface area contributed by atoms with Crippen molar-refractivity contribution in [2.75, 3.05) is 35.6 Å². The van der Waals surface area contributed by atoms with Gasteiger partial charge in [-0.2, -0.15) is 0 Å². The Hall–Kier alpha value is -3.35. The van der Waals surface area contributed by atoms with Gasteiger partial charge < -0.3 is 20.9 Å². The molecule has 2 aromatic carbocycles. The maximum Gasteiger partial charge on any atom is 0.253 e. The fourth-order valence-electron chi connectivity index (χ4n) is 3.67. The van der Waals surface area contributed by atoms with Gasteiger partial charge in [0.1, 0.15) is 0 Å². The SMILES string of the molecule is CCCC(=O)Nc1cccc(NCC(=O)Nc2cccc(C(=O)N3CCC(C)CC3)c2)c1. The molecule has 7 nitrogen and oxygen atoms in total. The van der Waals surface area contributed by atoms with Gasteiger partial charge in [-0.1, -0.05) is 26.0 Å². The van der Waals surface area contributed by atoms with E-state index in [1.807, 2.05) is 30.0 Å². The van der Waals surface area contributed by atoms with E-state index in [1.54, 1.807) is 30.3 Å². The summed E-state index contributed by atoms with van der Waals surface area (Å²) in [7, 11) is 0. The highest BCUT2D eigenvalue weighted by Gasteiger charge is 2.21. The van der Waals surface area contributed by atoms with Gasteiger partial charge in [0, 0.05) is 42.1 Å². The van der Waals surface area contributed by atoms with Crippen LogP contribution in [0, 0.1) is 5.92 Å². The normalized spacial score (nSPS) is 14.0. The molecule has 3 amide bonds.